The second kappa shape index (κ2) is 6.12. The van der Waals surface area contributed by atoms with Crippen LogP contribution in [0.5, 0.6) is 5.75 Å². The summed E-state index contributed by atoms with van der Waals surface area (Å²) in [4.78, 5) is 11.5. The predicted molar refractivity (Wildman–Crippen MR) is 86.0 cm³/mol. The van der Waals surface area contributed by atoms with Gasteiger partial charge in [0.25, 0.3) is 5.70 Å². The van der Waals surface area contributed by atoms with Gasteiger partial charge < -0.3 is 10.1 Å². The average molecular weight is 314 g/mol. The van der Waals surface area contributed by atoms with Gasteiger partial charge in [0, 0.05) is 17.3 Å². The van der Waals surface area contributed by atoms with Gasteiger partial charge in [-0.3, -0.25) is 15.2 Å². The molecule has 7 nitrogen and oxygen atoms in total. The lowest BCUT2D eigenvalue weighted by Gasteiger charge is -2.24. The minimum atomic E-state index is -0.516. The molecule has 120 valence electrons. The quantitative estimate of drug-likeness (QED) is 0.652. The SMILES string of the molecule is CCCC1=C([N+](=O)[O-])C(c2ccccc2OC)c2c[nH]nc2N1. The first-order valence-corrected chi connectivity index (χ1v) is 7.48. The molecule has 0 saturated heterocycles. The van der Waals surface area contributed by atoms with Crippen LogP contribution in [0, 0.1) is 10.1 Å². The molecule has 23 heavy (non-hydrogen) atoms. The number of nitrogens with one attached hydrogen (secondary N) is 2. The van der Waals surface area contributed by atoms with E-state index in [2.05, 4.69) is 15.5 Å². The smallest absolute Gasteiger partial charge is 0.277 e. The van der Waals surface area contributed by atoms with E-state index in [-0.39, 0.29) is 10.6 Å². The zero-order chi connectivity index (χ0) is 16.4. The summed E-state index contributed by atoms with van der Waals surface area (Å²) in [6.07, 6.45) is 3.10. The number of H-pyrrole nitrogens is 1. The molecule has 0 spiro atoms. The van der Waals surface area contributed by atoms with Crippen LogP contribution in [-0.2, 0) is 0 Å². The third-order valence-electron chi connectivity index (χ3n) is 3.98. The number of rotatable bonds is 5. The van der Waals surface area contributed by atoms with Gasteiger partial charge in [-0.2, -0.15) is 5.10 Å². The fraction of sp³-hybridized carbons (Fsp3) is 0.312. The summed E-state index contributed by atoms with van der Waals surface area (Å²) in [5.41, 5.74) is 2.28. The monoisotopic (exact) mass is 314 g/mol. The third-order valence-corrected chi connectivity index (χ3v) is 3.98. The predicted octanol–water partition coefficient (Wildman–Crippen LogP) is 3.26. The highest BCUT2D eigenvalue weighted by atomic mass is 16.6. The number of benzene rings is 1. The van der Waals surface area contributed by atoms with Gasteiger partial charge in [0.05, 0.1) is 17.7 Å². The number of aromatic nitrogens is 2. The van der Waals surface area contributed by atoms with Crippen molar-refractivity contribution < 1.29 is 9.66 Å². The second-order valence-electron chi connectivity index (χ2n) is 5.36. The van der Waals surface area contributed by atoms with Gasteiger partial charge in [-0.05, 0) is 12.5 Å². The second-order valence-corrected chi connectivity index (χ2v) is 5.36. The molecule has 2 N–H and O–H groups in total. The van der Waals surface area contributed by atoms with Crippen LogP contribution in [0.1, 0.15) is 36.8 Å². The number of nitrogens with zero attached hydrogens (tertiary/aromatic N) is 2. The van der Waals surface area contributed by atoms with Crippen molar-refractivity contribution in [1.29, 1.82) is 0 Å². The zero-order valence-corrected chi connectivity index (χ0v) is 13.0. The molecule has 1 aromatic heterocycles. The van der Waals surface area contributed by atoms with Crippen molar-refractivity contribution in [3.05, 3.63) is 63.1 Å². The number of methoxy groups -OCH3 is 1. The molecule has 2 aromatic rings. The van der Waals surface area contributed by atoms with Crippen LogP contribution in [-0.4, -0.2) is 22.2 Å². The molecule has 1 aromatic carbocycles. The molecule has 1 aliphatic rings. The molecule has 0 radical (unpaired) electrons. The van der Waals surface area contributed by atoms with E-state index in [1.807, 2.05) is 31.2 Å². The Balaban J connectivity index is 2.23. The van der Waals surface area contributed by atoms with Gasteiger partial charge in [0.15, 0.2) is 5.82 Å². The summed E-state index contributed by atoms with van der Waals surface area (Å²) in [5, 5.41) is 21.9. The molecule has 0 saturated carbocycles. The maximum atomic E-state index is 11.8. The molecule has 1 unspecified atom stereocenters. The van der Waals surface area contributed by atoms with Crippen LogP contribution in [0.4, 0.5) is 5.82 Å². The lowest BCUT2D eigenvalue weighted by atomic mass is 9.85. The maximum absolute atomic E-state index is 11.8. The van der Waals surface area contributed by atoms with Crippen molar-refractivity contribution in [2.75, 3.05) is 12.4 Å². The molecule has 1 aliphatic heterocycles. The summed E-state index contributed by atoms with van der Waals surface area (Å²) in [6.45, 7) is 1.99. The van der Waals surface area contributed by atoms with E-state index in [0.717, 1.165) is 17.5 Å². The van der Waals surface area contributed by atoms with Gasteiger partial charge >= 0.3 is 0 Å². The topological polar surface area (TPSA) is 93.1 Å². The fourth-order valence-corrected chi connectivity index (χ4v) is 3.02. The molecule has 0 aliphatic carbocycles. The lowest BCUT2D eigenvalue weighted by molar-refractivity contribution is -0.430. The third kappa shape index (κ3) is 2.54. The van der Waals surface area contributed by atoms with Gasteiger partial charge in [0.1, 0.15) is 11.7 Å². The van der Waals surface area contributed by atoms with Crippen LogP contribution in [0.15, 0.2) is 41.9 Å². The highest BCUT2D eigenvalue weighted by Crippen LogP contribution is 2.44. The first-order valence-electron chi connectivity index (χ1n) is 7.48. The van der Waals surface area contributed by atoms with Crippen LogP contribution >= 0.6 is 0 Å². The Kier molecular flexibility index (Phi) is 4.01. The van der Waals surface area contributed by atoms with Gasteiger partial charge in [0.2, 0.25) is 0 Å². The first kappa shape index (κ1) is 15.1. The fourth-order valence-electron chi connectivity index (χ4n) is 3.02. The number of fused-ring (bicyclic) bond motifs is 1. The number of hydrogen-bond donors (Lipinski definition) is 2. The molecule has 0 amide bonds. The Bertz CT molecular complexity index is 766. The summed E-state index contributed by atoms with van der Waals surface area (Å²) < 4.78 is 5.42. The highest BCUT2D eigenvalue weighted by molar-refractivity contribution is 5.61. The van der Waals surface area contributed by atoms with Crippen LogP contribution in [0.2, 0.25) is 0 Å². The Hall–Kier alpha value is -2.83. The van der Waals surface area contributed by atoms with Crippen molar-refractivity contribution in [1.82, 2.24) is 10.2 Å². The molecule has 2 heterocycles. The summed E-state index contributed by atoms with van der Waals surface area (Å²) in [5.74, 6) is 0.745. The Morgan fingerprint density at radius 3 is 2.83 bits per heavy atom. The minimum absolute atomic E-state index is 0.158. The zero-order valence-electron chi connectivity index (χ0n) is 13.0. The van der Waals surface area contributed by atoms with E-state index >= 15 is 0 Å². The Labute approximate surface area is 133 Å². The molecule has 0 fully saturated rings. The largest absolute Gasteiger partial charge is 0.496 e. The summed E-state index contributed by atoms with van der Waals surface area (Å²) in [7, 11) is 1.57. The number of para-hydroxylation sites is 1. The van der Waals surface area contributed by atoms with Gasteiger partial charge in [-0.15, -0.1) is 0 Å². The van der Waals surface area contributed by atoms with Gasteiger partial charge in [-0.25, -0.2) is 0 Å². The number of aromatic amines is 1. The van der Waals surface area contributed by atoms with E-state index in [4.69, 9.17) is 4.74 Å². The molecular weight excluding hydrogens is 296 g/mol. The van der Waals surface area contributed by atoms with Crippen LogP contribution < -0.4 is 10.1 Å². The first-order chi connectivity index (χ1) is 11.2. The molecule has 0 bridgehead atoms. The summed E-state index contributed by atoms with van der Waals surface area (Å²) in [6, 6.07) is 7.38. The molecule has 7 heteroatoms. The number of hydrogen-bond acceptors (Lipinski definition) is 5. The normalized spacial score (nSPS) is 16.7. The van der Waals surface area contributed by atoms with Crippen LogP contribution in [0.25, 0.3) is 0 Å². The van der Waals surface area contributed by atoms with Gasteiger partial charge in [-0.1, -0.05) is 31.5 Å². The summed E-state index contributed by atoms with van der Waals surface area (Å²) >= 11 is 0. The Morgan fingerprint density at radius 1 is 1.35 bits per heavy atom. The number of ether oxygens (including phenoxy) is 1. The van der Waals surface area contributed by atoms with E-state index in [0.29, 0.717) is 23.7 Å². The number of allylic oxidation sites excluding steroid dienone is 2. The van der Waals surface area contributed by atoms with E-state index in [1.165, 1.54) is 0 Å². The standard InChI is InChI=1S/C16H18N4O3/c1-3-6-12-15(20(21)22)14(11-9-17-19-16(11)18-12)10-7-4-5-8-13(10)23-2/h4-5,7-9,14H,3,6H2,1-2H3,(H2,17,18,19). The van der Waals surface area contributed by atoms with Crippen molar-refractivity contribution in [2.24, 2.45) is 0 Å². The van der Waals surface area contributed by atoms with Crippen LogP contribution in [0.3, 0.4) is 0 Å². The average Bonchev–Trinajstić information content (AvgIpc) is 3.01. The maximum Gasteiger partial charge on any atom is 0.277 e. The van der Waals surface area contributed by atoms with Crippen molar-refractivity contribution >= 4 is 5.82 Å². The lowest BCUT2D eigenvalue weighted by Crippen LogP contribution is -2.23. The molecule has 3 rings (SSSR count). The number of nitro groups is 1. The Morgan fingerprint density at radius 2 is 2.13 bits per heavy atom. The van der Waals surface area contributed by atoms with E-state index < -0.39 is 5.92 Å². The number of anilines is 1. The van der Waals surface area contributed by atoms with Crippen molar-refractivity contribution in [3.8, 4) is 5.75 Å². The molecular formula is C16H18N4O3. The molecule has 1 atom stereocenters. The highest BCUT2D eigenvalue weighted by Gasteiger charge is 2.39. The minimum Gasteiger partial charge on any atom is -0.496 e. The van der Waals surface area contributed by atoms with Crippen molar-refractivity contribution in [2.45, 2.75) is 25.7 Å². The van der Waals surface area contributed by atoms with Crippen molar-refractivity contribution in [3.63, 3.8) is 0 Å². The van der Waals surface area contributed by atoms with E-state index in [1.54, 1.807) is 13.3 Å². The van der Waals surface area contributed by atoms with E-state index in [9.17, 15) is 10.1 Å².